The summed E-state index contributed by atoms with van der Waals surface area (Å²) in [6, 6.07) is 12.3. The topological polar surface area (TPSA) is 94.7 Å². The molecular weight excluding hydrogens is 368 g/mol. The summed E-state index contributed by atoms with van der Waals surface area (Å²) >= 11 is 1.40. The number of aromatic carboxylic acids is 1. The summed E-state index contributed by atoms with van der Waals surface area (Å²) in [4.78, 5) is 10.9. The minimum atomic E-state index is -0.939. The van der Waals surface area contributed by atoms with E-state index in [1.54, 1.807) is 38.5 Å². The second-order valence-electron chi connectivity index (χ2n) is 5.62. The predicted molar refractivity (Wildman–Crippen MR) is 99.6 cm³/mol. The van der Waals surface area contributed by atoms with Gasteiger partial charge in [0.05, 0.1) is 26.2 Å². The lowest BCUT2D eigenvalue weighted by Gasteiger charge is -2.08. The zero-order chi connectivity index (χ0) is 19.2. The minimum Gasteiger partial charge on any atom is -0.493 e. The summed E-state index contributed by atoms with van der Waals surface area (Å²) in [7, 11) is 3.18. The van der Waals surface area contributed by atoms with Crippen LogP contribution >= 0.6 is 11.8 Å². The van der Waals surface area contributed by atoms with Crippen molar-refractivity contribution in [2.24, 2.45) is 0 Å². The van der Waals surface area contributed by atoms with Gasteiger partial charge in [0.1, 0.15) is 0 Å². The van der Waals surface area contributed by atoms with Crippen molar-refractivity contribution >= 4 is 17.7 Å². The predicted octanol–water partition coefficient (Wildman–Crippen LogP) is 3.67. The van der Waals surface area contributed by atoms with Gasteiger partial charge in [-0.15, -0.1) is 10.2 Å². The van der Waals surface area contributed by atoms with Crippen molar-refractivity contribution in [3.05, 3.63) is 65.0 Å². The second-order valence-corrected chi connectivity index (χ2v) is 6.55. The van der Waals surface area contributed by atoms with E-state index in [0.29, 0.717) is 34.8 Å². The van der Waals surface area contributed by atoms with Crippen LogP contribution in [0.15, 0.2) is 52.1 Å². The Morgan fingerprint density at radius 3 is 2.41 bits per heavy atom. The van der Waals surface area contributed by atoms with Crippen LogP contribution < -0.4 is 9.47 Å². The van der Waals surface area contributed by atoms with Crippen molar-refractivity contribution in [3.8, 4) is 11.5 Å². The molecule has 8 heteroatoms. The molecule has 0 atom stereocenters. The molecule has 1 aromatic heterocycles. The molecule has 27 heavy (non-hydrogen) atoms. The van der Waals surface area contributed by atoms with Gasteiger partial charge in [0.15, 0.2) is 11.5 Å². The molecule has 0 spiro atoms. The summed E-state index contributed by atoms with van der Waals surface area (Å²) in [5, 5.41) is 17.5. The van der Waals surface area contributed by atoms with Crippen molar-refractivity contribution in [3.63, 3.8) is 0 Å². The van der Waals surface area contributed by atoms with Gasteiger partial charge in [-0.3, -0.25) is 0 Å². The van der Waals surface area contributed by atoms with E-state index in [-0.39, 0.29) is 5.56 Å². The summed E-state index contributed by atoms with van der Waals surface area (Å²) in [5.74, 6) is 1.49. The number of carboxylic acid groups (broad SMARTS) is 1. The van der Waals surface area contributed by atoms with Crippen LogP contribution in [0.3, 0.4) is 0 Å². The van der Waals surface area contributed by atoms with Gasteiger partial charge < -0.3 is 19.0 Å². The molecule has 0 radical (unpaired) electrons. The highest BCUT2D eigenvalue weighted by Crippen LogP contribution is 2.29. The Labute approximate surface area is 160 Å². The van der Waals surface area contributed by atoms with Gasteiger partial charge in [0.2, 0.25) is 5.89 Å². The Morgan fingerprint density at radius 1 is 1.04 bits per heavy atom. The first-order valence-electron chi connectivity index (χ1n) is 8.07. The zero-order valence-electron chi connectivity index (χ0n) is 14.8. The van der Waals surface area contributed by atoms with Gasteiger partial charge in [-0.2, -0.15) is 0 Å². The SMILES string of the molecule is COc1ccc(Cc2nnc(SCc3ccc(C(=O)O)cc3)o2)cc1OC. The smallest absolute Gasteiger partial charge is 0.335 e. The molecule has 0 fully saturated rings. The maximum Gasteiger partial charge on any atom is 0.335 e. The van der Waals surface area contributed by atoms with Crippen LogP contribution in [-0.2, 0) is 12.2 Å². The van der Waals surface area contributed by atoms with E-state index in [1.807, 2.05) is 18.2 Å². The molecule has 7 nitrogen and oxygen atoms in total. The van der Waals surface area contributed by atoms with Crippen molar-refractivity contribution in [2.45, 2.75) is 17.4 Å². The molecule has 3 rings (SSSR count). The summed E-state index contributed by atoms with van der Waals surface area (Å²) in [6.45, 7) is 0. The number of carboxylic acids is 1. The average molecular weight is 386 g/mol. The third-order valence-electron chi connectivity index (χ3n) is 3.81. The van der Waals surface area contributed by atoms with Gasteiger partial charge in [0, 0.05) is 5.75 Å². The summed E-state index contributed by atoms with van der Waals surface area (Å²) in [5.41, 5.74) is 2.21. The number of methoxy groups -OCH3 is 2. The van der Waals surface area contributed by atoms with Gasteiger partial charge in [0.25, 0.3) is 5.22 Å². The van der Waals surface area contributed by atoms with Crippen molar-refractivity contribution in [1.29, 1.82) is 0 Å². The molecule has 0 saturated carbocycles. The van der Waals surface area contributed by atoms with Crippen LogP contribution in [-0.4, -0.2) is 35.5 Å². The number of thioether (sulfide) groups is 1. The normalized spacial score (nSPS) is 10.6. The fourth-order valence-corrected chi connectivity index (χ4v) is 3.16. The average Bonchev–Trinajstić information content (AvgIpc) is 3.13. The van der Waals surface area contributed by atoms with Gasteiger partial charge >= 0.3 is 5.97 Å². The van der Waals surface area contributed by atoms with E-state index in [0.717, 1.165) is 11.1 Å². The monoisotopic (exact) mass is 386 g/mol. The number of aromatic nitrogens is 2. The van der Waals surface area contributed by atoms with E-state index in [9.17, 15) is 4.79 Å². The Morgan fingerprint density at radius 2 is 1.74 bits per heavy atom. The number of rotatable bonds is 8. The highest BCUT2D eigenvalue weighted by Gasteiger charge is 2.11. The fraction of sp³-hybridized carbons (Fsp3) is 0.211. The third-order valence-corrected chi connectivity index (χ3v) is 4.70. The lowest BCUT2D eigenvalue weighted by Crippen LogP contribution is -1.95. The molecule has 0 aliphatic carbocycles. The molecule has 0 unspecified atom stereocenters. The standard InChI is InChI=1S/C19H18N2O5S/c1-24-15-8-5-13(9-16(15)25-2)10-17-20-21-19(26-17)27-11-12-3-6-14(7-4-12)18(22)23/h3-9H,10-11H2,1-2H3,(H,22,23). The van der Waals surface area contributed by atoms with Crippen LogP contribution in [0.5, 0.6) is 11.5 Å². The molecular formula is C19H18N2O5S. The molecule has 0 saturated heterocycles. The number of carbonyl (C=O) groups is 1. The molecule has 1 heterocycles. The van der Waals surface area contributed by atoms with Crippen LogP contribution in [0.2, 0.25) is 0 Å². The zero-order valence-corrected chi connectivity index (χ0v) is 15.7. The van der Waals surface area contributed by atoms with Crippen molar-refractivity contribution in [1.82, 2.24) is 10.2 Å². The van der Waals surface area contributed by atoms with E-state index in [2.05, 4.69) is 10.2 Å². The van der Waals surface area contributed by atoms with E-state index in [4.69, 9.17) is 19.0 Å². The summed E-state index contributed by atoms with van der Waals surface area (Å²) < 4.78 is 16.2. The van der Waals surface area contributed by atoms with Crippen LogP contribution in [0.4, 0.5) is 0 Å². The van der Waals surface area contributed by atoms with E-state index < -0.39 is 5.97 Å². The van der Waals surface area contributed by atoms with E-state index in [1.165, 1.54) is 11.8 Å². The van der Waals surface area contributed by atoms with Crippen LogP contribution in [0.1, 0.15) is 27.4 Å². The highest BCUT2D eigenvalue weighted by atomic mass is 32.2. The summed E-state index contributed by atoms with van der Waals surface area (Å²) in [6.07, 6.45) is 0.487. The first-order chi connectivity index (χ1) is 13.1. The second kappa shape index (κ2) is 8.59. The first-order valence-corrected chi connectivity index (χ1v) is 9.06. The Kier molecular flexibility index (Phi) is 5.97. The number of ether oxygens (including phenoxy) is 2. The molecule has 140 valence electrons. The number of hydrogen-bond acceptors (Lipinski definition) is 7. The maximum absolute atomic E-state index is 10.9. The largest absolute Gasteiger partial charge is 0.493 e. The molecule has 0 bridgehead atoms. The molecule has 0 aliphatic heterocycles. The maximum atomic E-state index is 10.9. The number of hydrogen-bond donors (Lipinski definition) is 1. The molecule has 0 amide bonds. The van der Waals surface area contributed by atoms with Crippen molar-refractivity contribution in [2.75, 3.05) is 14.2 Å². The van der Waals surface area contributed by atoms with Gasteiger partial charge in [-0.1, -0.05) is 30.0 Å². The quantitative estimate of drug-likeness (QED) is 0.586. The van der Waals surface area contributed by atoms with E-state index >= 15 is 0 Å². The lowest BCUT2D eigenvalue weighted by atomic mass is 10.1. The molecule has 1 N–H and O–H groups in total. The minimum absolute atomic E-state index is 0.263. The molecule has 2 aromatic carbocycles. The van der Waals surface area contributed by atoms with Gasteiger partial charge in [-0.05, 0) is 35.4 Å². The Bertz CT molecular complexity index is 924. The molecule has 0 aliphatic rings. The van der Waals surface area contributed by atoms with Gasteiger partial charge in [-0.25, -0.2) is 4.79 Å². The van der Waals surface area contributed by atoms with Crippen LogP contribution in [0.25, 0.3) is 0 Å². The highest BCUT2D eigenvalue weighted by molar-refractivity contribution is 7.98. The Hall–Kier alpha value is -3.00. The number of nitrogens with zero attached hydrogens (tertiary/aromatic N) is 2. The Balaban J connectivity index is 1.60. The number of benzene rings is 2. The first kappa shape index (κ1) is 18.8. The van der Waals surface area contributed by atoms with Crippen LogP contribution in [0, 0.1) is 0 Å². The van der Waals surface area contributed by atoms with Crippen molar-refractivity contribution < 1.29 is 23.8 Å². The molecule has 3 aromatic rings. The fourth-order valence-electron chi connectivity index (χ4n) is 2.42. The lowest BCUT2D eigenvalue weighted by molar-refractivity contribution is 0.0697. The third kappa shape index (κ3) is 4.79.